The number of pyridine rings is 1. The van der Waals surface area contributed by atoms with Crippen LogP contribution >= 0.6 is 0 Å². The number of para-hydroxylation sites is 1. The summed E-state index contributed by atoms with van der Waals surface area (Å²) in [7, 11) is 1.62. The van der Waals surface area contributed by atoms with Crippen LogP contribution in [0, 0.1) is 0 Å². The Bertz CT molecular complexity index is 1210. The van der Waals surface area contributed by atoms with E-state index >= 15 is 0 Å². The summed E-state index contributed by atoms with van der Waals surface area (Å²) in [6.45, 7) is 2.28. The van der Waals surface area contributed by atoms with Crippen molar-refractivity contribution in [2.45, 2.75) is 25.9 Å². The van der Waals surface area contributed by atoms with E-state index < -0.39 is 6.04 Å². The second-order valence-corrected chi connectivity index (χ2v) is 6.69. The number of nitrogens with one attached hydrogen (secondary N) is 1. The first-order valence-electron chi connectivity index (χ1n) is 9.24. The predicted molar refractivity (Wildman–Crippen MR) is 108 cm³/mol. The molecule has 0 aliphatic heterocycles. The Kier molecular flexibility index (Phi) is 4.65. The van der Waals surface area contributed by atoms with Crippen molar-refractivity contribution in [3.05, 3.63) is 70.9 Å². The molecule has 0 fully saturated rings. The smallest absolute Gasteiger partial charge is 0.291 e. The fourth-order valence-electron chi connectivity index (χ4n) is 3.60. The lowest BCUT2D eigenvalue weighted by atomic mass is 10.2. The van der Waals surface area contributed by atoms with E-state index in [1.165, 1.54) is 4.68 Å². The second-order valence-electron chi connectivity index (χ2n) is 6.69. The fraction of sp³-hybridized carbons (Fsp3) is 0.238. The minimum absolute atomic E-state index is 0.144. The van der Waals surface area contributed by atoms with E-state index in [0.29, 0.717) is 18.5 Å². The van der Waals surface area contributed by atoms with Gasteiger partial charge in [0.1, 0.15) is 11.6 Å². The summed E-state index contributed by atoms with van der Waals surface area (Å²) in [6, 6.07) is 12.8. The molecule has 1 N–H and O–H groups in total. The van der Waals surface area contributed by atoms with Crippen molar-refractivity contribution in [2.24, 2.45) is 7.05 Å². The average Bonchev–Trinajstić information content (AvgIpc) is 3.06. The third-order valence-electron chi connectivity index (χ3n) is 4.98. The van der Waals surface area contributed by atoms with Crippen molar-refractivity contribution >= 4 is 27.7 Å². The highest BCUT2D eigenvalue weighted by molar-refractivity contribution is 6.08. The van der Waals surface area contributed by atoms with Gasteiger partial charge in [-0.1, -0.05) is 31.2 Å². The molecule has 0 aliphatic rings. The van der Waals surface area contributed by atoms with Gasteiger partial charge in [0, 0.05) is 24.0 Å². The molecule has 0 unspecified atom stereocenters. The van der Waals surface area contributed by atoms with Crippen molar-refractivity contribution in [3.8, 4) is 0 Å². The molecule has 28 heavy (non-hydrogen) atoms. The van der Waals surface area contributed by atoms with Crippen LogP contribution in [0.4, 0.5) is 0 Å². The fourth-order valence-corrected chi connectivity index (χ4v) is 3.60. The van der Waals surface area contributed by atoms with Crippen LogP contribution in [-0.4, -0.2) is 25.2 Å². The number of nitrogens with zero attached hydrogens (tertiary/aromatic N) is 4. The van der Waals surface area contributed by atoms with Gasteiger partial charge in [0.2, 0.25) is 5.91 Å². The van der Waals surface area contributed by atoms with Gasteiger partial charge in [0.15, 0.2) is 0 Å². The normalized spacial score (nSPS) is 12.4. The molecule has 0 saturated heterocycles. The summed E-state index contributed by atoms with van der Waals surface area (Å²) < 4.78 is 3.15. The minimum Gasteiger partial charge on any atom is -0.349 e. The van der Waals surface area contributed by atoms with E-state index in [1.807, 2.05) is 54.0 Å². The molecule has 0 saturated carbocycles. The van der Waals surface area contributed by atoms with Gasteiger partial charge in [0.25, 0.3) is 5.56 Å². The van der Waals surface area contributed by atoms with Gasteiger partial charge in [-0.3, -0.25) is 14.6 Å². The topological polar surface area (TPSA) is 81.8 Å². The summed E-state index contributed by atoms with van der Waals surface area (Å²) in [5.74, 6) is -0.144. The molecule has 3 aromatic heterocycles. The summed E-state index contributed by atoms with van der Waals surface area (Å²) in [6.07, 6.45) is 3.93. The maximum Gasteiger partial charge on any atom is 0.291 e. The molecule has 142 valence electrons. The first-order chi connectivity index (χ1) is 13.6. The third-order valence-corrected chi connectivity index (χ3v) is 4.98. The Morgan fingerprint density at radius 3 is 2.68 bits per heavy atom. The Morgan fingerprint density at radius 2 is 1.93 bits per heavy atom. The first-order valence-corrected chi connectivity index (χ1v) is 9.24. The number of hydrogen-bond donors (Lipinski definition) is 1. The summed E-state index contributed by atoms with van der Waals surface area (Å²) >= 11 is 0. The van der Waals surface area contributed by atoms with Crippen LogP contribution in [-0.2, 0) is 18.4 Å². The zero-order valence-electron chi connectivity index (χ0n) is 15.8. The molecule has 4 rings (SSSR count). The standard InChI is InChI=1S/C21H21N5O2/c1-3-17(20(27)23-12-14-8-6-7-11-22-14)26-18-10-5-4-9-15(18)16-13-24-25(2)21(28)19(16)26/h4-11,13,17H,3,12H2,1-2H3,(H,23,27)/t17-/m0/s1. The minimum atomic E-state index is -0.513. The van der Waals surface area contributed by atoms with Crippen molar-refractivity contribution in [3.63, 3.8) is 0 Å². The van der Waals surface area contributed by atoms with E-state index in [1.54, 1.807) is 19.4 Å². The second kappa shape index (κ2) is 7.26. The van der Waals surface area contributed by atoms with Gasteiger partial charge in [-0.2, -0.15) is 5.10 Å². The number of amides is 1. The van der Waals surface area contributed by atoms with E-state index in [9.17, 15) is 9.59 Å². The van der Waals surface area contributed by atoms with Crippen molar-refractivity contribution in [1.29, 1.82) is 0 Å². The van der Waals surface area contributed by atoms with Crippen LogP contribution < -0.4 is 10.9 Å². The average molecular weight is 375 g/mol. The predicted octanol–water partition coefficient (Wildman–Crippen LogP) is 2.55. The SMILES string of the molecule is CC[C@@H](C(=O)NCc1ccccn1)n1c2ccccc2c2cnn(C)c(=O)c21. The van der Waals surface area contributed by atoms with Crippen molar-refractivity contribution in [2.75, 3.05) is 0 Å². The van der Waals surface area contributed by atoms with Crippen molar-refractivity contribution in [1.82, 2.24) is 24.6 Å². The van der Waals surface area contributed by atoms with Gasteiger partial charge in [-0.05, 0) is 24.6 Å². The van der Waals surface area contributed by atoms with Gasteiger partial charge >= 0.3 is 0 Å². The highest BCUT2D eigenvalue weighted by Crippen LogP contribution is 2.30. The lowest BCUT2D eigenvalue weighted by molar-refractivity contribution is -0.124. The Hall–Kier alpha value is -3.48. The van der Waals surface area contributed by atoms with Gasteiger partial charge in [-0.25, -0.2) is 4.68 Å². The molecule has 1 atom stereocenters. The molecule has 4 aromatic rings. The van der Waals surface area contributed by atoms with Crippen LogP contribution in [0.25, 0.3) is 21.8 Å². The van der Waals surface area contributed by atoms with E-state index in [2.05, 4.69) is 15.4 Å². The monoisotopic (exact) mass is 375 g/mol. The number of aryl methyl sites for hydroxylation is 1. The number of aromatic nitrogens is 4. The zero-order chi connectivity index (χ0) is 19.7. The highest BCUT2D eigenvalue weighted by Gasteiger charge is 2.25. The molecule has 0 radical (unpaired) electrons. The van der Waals surface area contributed by atoms with Gasteiger partial charge in [0.05, 0.1) is 24.0 Å². The molecule has 7 heteroatoms. The summed E-state index contributed by atoms with van der Waals surface area (Å²) in [4.78, 5) is 30.2. The van der Waals surface area contributed by atoms with Crippen LogP contribution in [0.2, 0.25) is 0 Å². The van der Waals surface area contributed by atoms with Gasteiger partial charge < -0.3 is 9.88 Å². The Labute approximate surface area is 161 Å². The highest BCUT2D eigenvalue weighted by atomic mass is 16.2. The Morgan fingerprint density at radius 1 is 1.14 bits per heavy atom. The van der Waals surface area contributed by atoms with Gasteiger partial charge in [-0.15, -0.1) is 0 Å². The summed E-state index contributed by atoms with van der Waals surface area (Å²) in [5, 5.41) is 8.79. The number of rotatable bonds is 5. The molecule has 3 heterocycles. The number of fused-ring (bicyclic) bond motifs is 3. The molecule has 0 bridgehead atoms. The lowest BCUT2D eigenvalue weighted by Crippen LogP contribution is -2.33. The molecular weight excluding hydrogens is 354 g/mol. The van der Waals surface area contributed by atoms with Crippen molar-refractivity contribution < 1.29 is 4.79 Å². The largest absolute Gasteiger partial charge is 0.349 e. The quantitative estimate of drug-likeness (QED) is 0.581. The number of carbonyl (C=O) groups excluding carboxylic acids is 1. The number of hydrogen-bond acceptors (Lipinski definition) is 4. The zero-order valence-corrected chi connectivity index (χ0v) is 15.8. The number of carbonyl (C=O) groups is 1. The van der Waals surface area contributed by atoms with E-state index in [4.69, 9.17) is 0 Å². The lowest BCUT2D eigenvalue weighted by Gasteiger charge is -2.19. The first kappa shape index (κ1) is 17.9. The summed E-state index contributed by atoms with van der Waals surface area (Å²) in [5.41, 5.74) is 1.92. The van der Waals surface area contributed by atoms with E-state index in [-0.39, 0.29) is 11.5 Å². The maximum absolute atomic E-state index is 13.0. The van der Waals surface area contributed by atoms with Crippen LogP contribution in [0.3, 0.4) is 0 Å². The van der Waals surface area contributed by atoms with Crippen LogP contribution in [0.5, 0.6) is 0 Å². The molecular formula is C21H21N5O2. The number of benzene rings is 1. The maximum atomic E-state index is 13.0. The molecule has 1 aromatic carbocycles. The molecule has 1 amide bonds. The molecule has 0 spiro atoms. The molecule has 7 nitrogen and oxygen atoms in total. The Balaban J connectivity index is 1.82. The van der Waals surface area contributed by atoms with Crippen LogP contribution in [0.1, 0.15) is 25.1 Å². The van der Waals surface area contributed by atoms with E-state index in [0.717, 1.165) is 22.0 Å². The van der Waals surface area contributed by atoms with Crippen LogP contribution in [0.15, 0.2) is 59.7 Å². The third kappa shape index (κ3) is 2.94. The molecule has 0 aliphatic carbocycles.